The Morgan fingerprint density at radius 2 is 1.69 bits per heavy atom. The predicted molar refractivity (Wildman–Crippen MR) is 133 cm³/mol. The van der Waals surface area contributed by atoms with Gasteiger partial charge in [-0.1, -0.05) is 36.4 Å². The Morgan fingerprint density at radius 1 is 1.00 bits per heavy atom. The highest BCUT2D eigenvalue weighted by Gasteiger charge is 2.38. The summed E-state index contributed by atoms with van der Waals surface area (Å²) in [6.07, 6.45) is 3.45. The SMILES string of the molecule is CC(=O)OCC1CCn2c(c(C3=C(c4cn(C)c5ccccc45)C(=O)NC3=O)c3ccccc32)C1. The molecule has 4 aromatic rings. The Labute approximate surface area is 202 Å². The van der Waals surface area contributed by atoms with E-state index in [9.17, 15) is 14.4 Å². The smallest absolute Gasteiger partial charge is 0.302 e. The number of carbonyl (C=O) groups is 3. The van der Waals surface area contributed by atoms with Crippen molar-refractivity contribution >= 4 is 50.7 Å². The van der Waals surface area contributed by atoms with Gasteiger partial charge in [0.05, 0.1) is 17.8 Å². The van der Waals surface area contributed by atoms with Crippen molar-refractivity contribution in [1.82, 2.24) is 14.5 Å². The molecule has 35 heavy (non-hydrogen) atoms. The number of carbonyl (C=O) groups excluding carboxylic acids is 3. The number of hydrogen-bond acceptors (Lipinski definition) is 4. The molecule has 2 aromatic heterocycles. The van der Waals surface area contributed by atoms with Crippen molar-refractivity contribution in [2.24, 2.45) is 13.0 Å². The number of para-hydroxylation sites is 2. The maximum Gasteiger partial charge on any atom is 0.302 e. The van der Waals surface area contributed by atoms with Gasteiger partial charge in [-0.15, -0.1) is 0 Å². The molecule has 0 aliphatic carbocycles. The molecule has 1 unspecified atom stereocenters. The van der Waals surface area contributed by atoms with E-state index in [1.165, 1.54) is 6.92 Å². The molecule has 4 heterocycles. The molecule has 2 aliphatic heterocycles. The highest BCUT2D eigenvalue weighted by Crippen LogP contribution is 2.42. The van der Waals surface area contributed by atoms with Crippen molar-refractivity contribution in [2.45, 2.75) is 26.3 Å². The van der Waals surface area contributed by atoms with Gasteiger partial charge in [0.2, 0.25) is 0 Å². The van der Waals surface area contributed by atoms with E-state index in [0.29, 0.717) is 24.2 Å². The molecule has 0 saturated heterocycles. The van der Waals surface area contributed by atoms with Gasteiger partial charge in [0, 0.05) is 71.3 Å². The Kier molecular flexibility index (Phi) is 4.88. The first-order chi connectivity index (χ1) is 16.9. The second kappa shape index (κ2) is 7.98. The minimum Gasteiger partial charge on any atom is -0.466 e. The van der Waals surface area contributed by atoms with Gasteiger partial charge in [-0.25, -0.2) is 0 Å². The highest BCUT2D eigenvalue weighted by atomic mass is 16.5. The van der Waals surface area contributed by atoms with Crippen LogP contribution in [0.15, 0.2) is 54.7 Å². The van der Waals surface area contributed by atoms with Gasteiger partial charge >= 0.3 is 5.97 Å². The molecule has 176 valence electrons. The van der Waals surface area contributed by atoms with Crippen LogP contribution in [0.2, 0.25) is 0 Å². The Morgan fingerprint density at radius 3 is 2.46 bits per heavy atom. The first-order valence-corrected chi connectivity index (χ1v) is 11.8. The number of hydrogen-bond donors (Lipinski definition) is 1. The highest BCUT2D eigenvalue weighted by molar-refractivity contribution is 6.51. The molecule has 0 saturated carbocycles. The minimum atomic E-state index is -0.377. The number of ether oxygens (including phenoxy) is 1. The third-order valence-corrected chi connectivity index (χ3v) is 7.19. The van der Waals surface area contributed by atoms with Crippen LogP contribution in [0, 0.1) is 5.92 Å². The number of aromatic nitrogens is 2. The quantitative estimate of drug-likeness (QED) is 0.365. The zero-order chi connectivity index (χ0) is 24.3. The molecule has 1 atom stereocenters. The molecular weight excluding hydrogens is 442 g/mol. The summed E-state index contributed by atoms with van der Waals surface area (Å²) in [5, 5.41) is 4.44. The van der Waals surface area contributed by atoms with Crippen LogP contribution in [-0.4, -0.2) is 33.5 Å². The van der Waals surface area contributed by atoms with E-state index in [-0.39, 0.29) is 23.7 Å². The van der Waals surface area contributed by atoms with E-state index in [1.54, 1.807) is 0 Å². The summed E-state index contributed by atoms with van der Waals surface area (Å²) in [6, 6.07) is 15.9. The van der Waals surface area contributed by atoms with Crippen LogP contribution in [-0.2, 0) is 39.1 Å². The molecular formula is C28H25N3O4. The average molecular weight is 468 g/mol. The molecule has 7 heteroatoms. The topological polar surface area (TPSA) is 82.3 Å². The van der Waals surface area contributed by atoms with Gasteiger partial charge in [0.25, 0.3) is 11.8 Å². The molecule has 2 aliphatic rings. The molecule has 0 radical (unpaired) electrons. The molecule has 7 nitrogen and oxygen atoms in total. The lowest BCUT2D eigenvalue weighted by atomic mass is 9.89. The number of fused-ring (bicyclic) bond motifs is 4. The number of amides is 2. The lowest BCUT2D eigenvalue weighted by Gasteiger charge is -2.25. The molecule has 2 amide bonds. The summed E-state index contributed by atoms with van der Waals surface area (Å²) in [7, 11) is 1.94. The minimum absolute atomic E-state index is 0.149. The number of nitrogens with zero attached hydrogens (tertiary/aromatic N) is 2. The van der Waals surface area contributed by atoms with Crippen LogP contribution in [0.4, 0.5) is 0 Å². The third-order valence-electron chi connectivity index (χ3n) is 7.19. The largest absolute Gasteiger partial charge is 0.466 e. The second-order valence-electron chi connectivity index (χ2n) is 9.36. The Bertz CT molecular complexity index is 1590. The average Bonchev–Trinajstić information content (AvgIpc) is 3.45. The fraction of sp³-hybridized carbons (Fsp3) is 0.250. The van der Waals surface area contributed by atoms with Crippen LogP contribution < -0.4 is 5.32 Å². The maximum absolute atomic E-state index is 13.4. The van der Waals surface area contributed by atoms with Crippen molar-refractivity contribution in [1.29, 1.82) is 0 Å². The van der Waals surface area contributed by atoms with Gasteiger partial charge in [-0.2, -0.15) is 0 Å². The molecule has 6 rings (SSSR count). The van der Waals surface area contributed by atoms with Crippen LogP contribution in [0.1, 0.15) is 30.2 Å². The van der Waals surface area contributed by atoms with Crippen molar-refractivity contribution in [3.8, 4) is 0 Å². The third kappa shape index (κ3) is 3.30. The van der Waals surface area contributed by atoms with Crippen LogP contribution >= 0.6 is 0 Å². The van der Waals surface area contributed by atoms with Gasteiger partial charge in [0.1, 0.15) is 0 Å². The van der Waals surface area contributed by atoms with Gasteiger partial charge in [-0.3, -0.25) is 19.7 Å². The second-order valence-corrected chi connectivity index (χ2v) is 9.36. The lowest BCUT2D eigenvalue weighted by molar-refractivity contribution is -0.142. The van der Waals surface area contributed by atoms with Gasteiger partial charge in [-0.05, 0) is 25.0 Å². The first kappa shape index (κ1) is 21.4. The molecule has 0 fully saturated rings. The summed E-state index contributed by atoms with van der Waals surface area (Å²) in [5.74, 6) is -0.897. The van der Waals surface area contributed by atoms with Crippen molar-refractivity contribution in [3.63, 3.8) is 0 Å². The molecule has 1 N–H and O–H groups in total. The van der Waals surface area contributed by atoms with E-state index in [1.807, 2.05) is 60.3 Å². The summed E-state index contributed by atoms with van der Waals surface area (Å²) < 4.78 is 9.55. The number of esters is 1. The Hall–Kier alpha value is -4.13. The fourth-order valence-electron chi connectivity index (χ4n) is 5.66. The molecule has 0 bridgehead atoms. The van der Waals surface area contributed by atoms with E-state index in [4.69, 9.17) is 4.74 Å². The van der Waals surface area contributed by atoms with E-state index in [2.05, 4.69) is 16.0 Å². The van der Waals surface area contributed by atoms with Crippen molar-refractivity contribution in [2.75, 3.05) is 6.61 Å². The summed E-state index contributed by atoms with van der Waals surface area (Å²) in [4.78, 5) is 38.0. The number of rotatable bonds is 4. The normalized spacial score (nSPS) is 17.8. The number of imide groups is 1. The Balaban J connectivity index is 1.61. The van der Waals surface area contributed by atoms with E-state index < -0.39 is 0 Å². The van der Waals surface area contributed by atoms with Gasteiger partial charge < -0.3 is 13.9 Å². The summed E-state index contributed by atoms with van der Waals surface area (Å²) in [5.41, 5.74) is 5.42. The fourth-order valence-corrected chi connectivity index (χ4v) is 5.66. The lowest BCUT2D eigenvalue weighted by Crippen LogP contribution is -2.25. The number of benzene rings is 2. The van der Waals surface area contributed by atoms with Crippen LogP contribution in [0.5, 0.6) is 0 Å². The predicted octanol–water partition coefficient (Wildman–Crippen LogP) is 3.83. The zero-order valence-corrected chi connectivity index (χ0v) is 19.6. The standard InChI is InChI=1S/C28H25N3O4/c1-16(32)35-15-17-11-12-31-22-10-6-4-8-19(22)24(23(31)13-17)26-25(27(33)29-28(26)34)20-14-30(2)21-9-5-3-7-18(20)21/h3-10,14,17H,11-13,15H2,1-2H3,(H,29,33,34). The van der Waals surface area contributed by atoms with E-state index >= 15 is 0 Å². The number of aryl methyl sites for hydroxylation is 2. The molecule has 0 spiro atoms. The monoisotopic (exact) mass is 467 g/mol. The van der Waals surface area contributed by atoms with Crippen LogP contribution in [0.3, 0.4) is 0 Å². The maximum atomic E-state index is 13.4. The first-order valence-electron chi connectivity index (χ1n) is 11.8. The van der Waals surface area contributed by atoms with Crippen molar-refractivity contribution < 1.29 is 19.1 Å². The summed E-state index contributed by atoms with van der Waals surface area (Å²) >= 11 is 0. The van der Waals surface area contributed by atoms with Crippen molar-refractivity contribution in [3.05, 3.63) is 71.5 Å². The molecule has 2 aromatic carbocycles. The summed E-state index contributed by atoms with van der Waals surface area (Å²) in [6.45, 7) is 2.52. The zero-order valence-electron chi connectivity index (χ0n) is 19.6. The number of nitrogens with one attached hydrogen (secondary N) is 1. The van der Waals surface area contributed by atoms with Gasteiger partial charge in [0.15, 0.2) is 0 Å². The van der Waals surface area contributed by atoms with E-state index in [0.717, 1.165) is 51.6 Å². The van der Waals surface area contributed by atoms with Crippen LogP contribution in [0.25, 0.3) is 33.0 Å².